The minimum atomic E-state index is 0.0458. The zero-order chi connectivity index (χ0) is 15.6. The summed E-state index contributed by atoms with van der Waals surface area (Å²) in [5.74, 6) is 1.27. The quantitative estimate of drug-likeness (QED) is 0.722. The first-order chi connectivity index (χ1) is 9.86. The van der Waals surface area contributed by atoms with Crippen molar-refractivity contribution >= 4 is 17.1 Å². The van der Waals surface area contributed by atoms with Gasteiger partial charge in [-0.15, -0.1) is 11.3 Å². The number of hydrogen-bond acceptors (Lipinski definition) is 3. The van der Waals surface area contributed by atoms with Gasteiger partial charge in [-0.05, 0) is 56.0 Å². The fourth-order valence-electron chi connectivity index (χ4n) is 2.33. The molecule has 3 heteroatoms. The third kappa shape index (κ3) is 3.94. The highest BCUT2D eigenvalue weighted by Crippen LogP contribution is 2.24. The molecule has 112 valence electrons. The zero-order valence-electron chi connectivity index (χ0n) is 13.3. The second-order valence-electron chi connectivity index (χ2n) is 5.77. The van der Waals surface area contributed by atoms with Crippen molar-refractivity contribution in [2.75, 3.05) is 6.61 Å². The zero-order valence-corrected chi connectivity index (χ0v) is 14.1. The summed E-state index contributed by atoms with van der Waals surface area (Å²) in [6.07, 6.45) is 0. The first kappa shape index (κ1) is 15.8. The standard InChI is InChI=1S/C18H22O2S/c1-11(2)15-6-12(3)7-16(9-15)20-10-18(19)17-8-13(4)21-14(17)5/h6-9,11H,10H2,1-5H3. The Morgan fingerprint density at radius 2 is 1.86 bits per heavy atom. The number of ether oxygens (including phenoxy) is 1. The summed E-state index contributed by atoms with van der Waals surface area (Å²) in [5, 5.41) is 0. The van der Waals surface area contributed by atoms with E-state index in [9.17, 15) is 4.79 Å². The van der Waals surface area contributed by atoms with Gasteiger partial charge in [-0.25, -0.2) is 0 Å². The van der Waals surface area contributed by atoms with Gasteiger partial charge in [-0.3, -0.25) is 4.79 Å². The lowest BCUT2D eigenvalue weighted by Crippen LogP contribution is -2.12. The lowest BCUT2D eigenvalue weighted by molar-refractivity contribution is 0.0921. The van der Waals surface area contributed by atoms with Gasteiger partial charge < -0.3 is 4.74 Å². The molecule has 0 amide bonds. The van der Waals surface area contributed by atoms with E-state index in [1.165, 1.54) is 5.56 Å². The van der Waals surface area contributed by atoms with Crippen molar-refractivity contribution in [3.05, 3.63) is 50.7 Å². The van der Waals surface area contributed by atoms with Crippen molar-refractivity contribution in [3.8, 4) is 5.75 Å². The molecule has 0 atom stereocenters. The van der Waals surface area contributed by atoms with Crippen LogP contribution < -0.4 is 4.74 Å². The maximum absolute atomic E-state index is 12.2. The number of hydrogen-bond donors (Lipinski definition) is 0. The molecule has 21 heavy (non-hydrogen) atoms. The van der Waals surface area contributed by atoms with Crippen LogP contribution in [0.2, 0.25) is 0 Å². The van der Waals surface area contributed by atoms with Gasteiger partial charge in [-0.2, -0.15) is 0 Å². The van der Waals surface area contributed by atoms with Gasteiger partial charge in [0, 0.05) is 15.3 Å². The molecule has 0 saturated heterocycles. The molecule has 0 N–H and O–H groups in total. The summed E-state index contributed by atoms with van der Waals surface area (Å²) in [6.45, 7) is 10.5. The Bertz CT molecular complexity index is 653. The molecule has 0 bridgehead atoms. The van der Waals surface area contributed by atoms with E-state index in [-0.39, 0.29) is 12.4 Å². The van der Waals surface area contributed by atoms with E-state index in [1.807, 2.05) is 39.0 Å². The van der Waals surface area contributed by atoms with Crippen molar-refractivity contribution in [2.45, 2.75) is 40.5 Å². The normalized spacial score (nSPS) is 11.0. The van der Waals surface area contributed by atoms with Crippen LogP contribution in [0.25, 0.3) is 0 Å². The van der Waals surface area contributed by atoms with E-state index < -0.39 is 0 Å². The topological polar surface area (TPSA) is 26.3 Å². The first-order valence-electron chi connectivity index (χ1n) is 7.21. The van der Waals surface area contributed by atoms with E-state index in [1.54, 1.807) is 11.3 Å². The van der Waals surface area contributed by atoms with Gasteiger partial charge >= 0.3 is 0 Å². The summed E-state index contributed by atoms with van der Waals surface area (Å²) < 4.78 is 5.71. The molecule has 0 aliphatic heterocycles. The summed E-state index contributed by atoms with van der Waals surface area (Å²) in [7, 11) is 0. The van der Waals surface area contributed by atoms with Crippen molar-refractivity contribution < 1.29 is 9.53 Å². The molecule has 0 unspecified atom stereocenters. The van der Waals surface area contributed by atoms with Crippen LogP contribution in [0.1, 0.15) is 51.0 Å². The smallest absolute Gasteiger partial charge is 0.201 e. The second-order valence-corrected chi connectivity index (χ2v) is 7.23. The largest absolute Gasteiger partial charge is 0.485 e. The van der Waals surface area contributed by atoms with Crippen LogP contribution in [-0.4, -0.2) is 12.4 Å². The van der Waals surface area contributed by atoms with Gasteiger partial charge in [0.1, 0.15) is 5.75 Å². The summed E-state index contributed by atoms with van der Waals surface area (Å²) >= 11 is 1.65. The number of ketones is 1. The van der Waals surface area contributed by atoms with Crippen LogP contribution in [0.5, 0.6) is 5.75 Å². The van der Waals surface area contributed by atoms with E-state index >= 15 is 0 Å². The van der Waals surface area contributed by atoms with Gasteiger partial charge in [0.2, 0.25) is 5.78 Å². The molecule has 0 spiro atoms. The molecule has 0 radical (unpaired) electrons. The maximum Gasteiger partial charge on any atom is 0.201 e. The number of Topliss-reactive ketones (excluding diaryl/α,β-unsaturated/α-hetero) is 1. The highest BCUT2D eigenvalue weighted by atomic mass is 32.1. The Kier molecular flexibility index (Phi) is 4.84. The number of carbonyl (C=O) groups excluding carboxylic acids is 1. The highest BCUT2D eigenvalue weighted by molar-refractivity contribution is 7.12. The van der Waals surface area contributed by atoms with Gasteiger partial charge in [0.15, 0.2) is 6.61 Å². The van der Waals surface area contributed by atoms with Gasteiger partial charge in [-0.1, -0.05) is 19.9 Å². The molecule has 0 saturated carbocycles. The molecule has 0 fully saturated rings. The Balaban J connectivity index is 2.09. The van der Waals surface area contributed by atoms with Crippen LogP contribution in [0, 0.1) is 20.8 Å². The monoisotopic (exact) mass is 302 g/mol. The lowest BCUT2D eigenvalue weighted by atomic mass is 10.0. The lowest BCUT2D eigenvalue weighted by Gasteiger charge is -2.11. The second kappa shape index (κ2) is 6.44. The van der Waals surface area contributed by atoms with Crippen LogP contribution in [0.3, 0.4) is 0 Å². The molecule has 2 aromatic rings. The average Bonchev–Trinajstić information content (AvgIpc) is 2.74. The fourth-order valence-corrected chi connectivity index (χ4v) is 3.27. The summed E-state index contributed by atoms with van der Waals surface area (Å²) in [6, 6.07) is 8.11. The predicted octanol–water partition coefficient (Wildman–Crippen LogP) is 5.06. The van der Waals surface area contributed by atoms with Gasteiger partial charge in [0.25, 0.3) is 0 Å². The Labute approximate surface area is 130 Å². The van der Waals surface area contributed by atoms with E-state index in [0.29, 0.717) is 5.92 Å². The van der Waals surface area contributed by atoms with Crippen molar-refractivity contribution in [1.29, 1.82) is 0 Å². The molecular formula is C18H22O2S. The maximum atomic E-state index is 12.2. The molecule has 1 heterocycles. The van der Waals surface area contributed by atoms with Crippen molar-refractivity contribution in [2.24, 2.45) is 0 Å². The third-order valence-corrected chi connectivity index (χ3v) is 4.42. The molecule has 2 nitrogen and oxygen atoms in total. The van der Waals surface area contributed by atoms with Gasteiger partial charge in [0.05, 0.1) is 0 Å². The predicted molar refractivity (Wildman–Crippen MR) is 88.9 cm³/mol. The van der Waals surface area contributed by atoms with Crippen LogP contribution in [0.15, 0.2) is 24.3 Å². The number of carbonyl (C=O) groups is 1. The molecule has 1 aromatic carbocycles. The minimum absolute atomic E-state index is 0.0458. The average molecular weight is 302 g/mol. The number of thiophene rings is 1. The molecule has 2 rings (SSSR count). The van der Waals surface area contributed by atoms with Crippen molar-refractivity contribution in [3.63, 3.8) is 0 Å². The SMILES string of the molecule is Cc1cc(OCC(=O)c2cc(C)sc2C)cc(C(C)C)c1. The Hall–Kier alpha value is -1.61. The van der Waals surface area contributed by atoms with E-state index in [2.05, 4.69) is 19.9 Å². The third-order valence-electron chi connectivity index (χ3n) is 3.45. The molecular weight excluding hydrogens is 280 g/mol. The first-order valence-corrected chi connectivity index (χ1v) is 8.03. The van der Waals surface area contributed by atoms with E-state index in [0.717, 1.165) is 26.6 Å². The number of rotatable bonds is 5. The van der Waals surface area contributed by atoms with E-state index in [4.69, 9.17) is 4.74 Å². The Morgan fingerprint density at radius 3 is 2.43 bits per heavy atom. The van der Waals surface area contributed by atoms with Crippen LogP contribution in [0.4, 0.5) is 0 Å². The number of benzene rings is 1. The van der Waals surface area contributed by atoms with Crippen LogP contribution in [-0.2, 0) is 0 Å². The van der Waals surface area contributed by atoms with Crippen molar-refractivity contribution in [1.82, 2.24) is 0 Å². The minimum Gasteiger partial charge on any atom is -0.485 e. The fraction of sp³-hybridized carbons (Fsp3) is 0.389. The highest BCUT2D eigenvalue weighted by Gasteiger charge is 2.13. The summed E-state index contributed by atoms with van der Waals surface area (Å²) in [5.41, 5.74) is 3.18. The Morgan fingerprint density at radius 1 is 1.14 bits per heavy atom. The number of aryl methyl sites for hydroxylation is 3. The molecule has 1 aromatic heterocycles. The molecule has 0 aliphatic carbocycles. The molecule has 0 aliphatic rings. The van der Waals surface area contributed by atoms with Crippen LogP contribution >= 0.6 is 11.3 Å². The summed E-state index contributed by atoms with van der Waals surface area (Å²) in [4.78, 5) is 14.5.